The van der Waals surface area contributed by atoms with Crippen molar-refractivity contribution in [1.29, 1.82) is 0 Å². The fourth-order valence-electron chi connectivity index (χ4n) is 2.08. The number of nitrogens with one attached hydrogen (secondary N) is 2. The Hall–Kier alpha value is -1.20. The molecule has 0 saturated carbocycles. The lowest BCUT2D eigenvalue weighted by atomic mass is 10.2. The van der Waals surface area contributed by atoms with E-state index >= 15 is 0 Å². The summed E-state index contributed by atoms with van der Waals surface area (Å²) in [6.07, 6.45) is 0.725. The van der Waals surface area contributed by atoms with Crippen molar-refractivity contribution in [3.63, 3.8) is 0 Å². The number of benzene rings is 1. The third kappa shape index (κ3) is 5.12. The SMILES string of the molecule is O=CNCc1ccc(NCCN2CCSCC2)cc1. The highest BCUT2D eigenvalue weighted by molar-refractivity contribution is 7.99. The normalized spacial score (nSPS) is 16.0. The standard InChI is InChI=1S/C14H21N3OS/c18-12-15-11-13-1-3-14(4-2-13)16-5-6-17-7-9-19-10-8-17/h1-4,12,16H,5-11H2,(H,15,18). The third-order valence-electron chi connectivity index (χ3n) is 3.20. The lowest BCUT2D eigenvalue weighted by molar-refractivity contribution is -0.109. The average molecular weight is 279 g/mol. The first-order valence-electron chi connectivity index (χ1n) is 6.68. The summed E-state index contributed by atoms with van der Waals surface area (Å²) in [7, 11) is 0. The maximum absolute atomic E-state index is 10.2. The second-order valence-electron chi connectivity index (χ2n) is 4.58. The molecule has 0 unspecified atom stereocenters. The van der Waals surface area contributed by atoms with Crippen LogP contribution in [0.15, 0.2) is 24.3 Å². The summed E-state index contributed by atoms with van der Waals surface area (Å²) >= 11 is 2.04. The molecule has 2 rings (SSSR count). The van der Waals surface area contributed by atoms with Crippen LogP contribution in [0.4, 0.5) is 5.69 Å². The van der Waals surface area contributed by atoms with E-state index in [0.717, 1.165) is 30.8 Å². The number of carbonyl (C=O) groups is 1. The molecule has 1 aliphatic heterocycles. The summed E-state index contributed by atoms with van der Waals surface area (Å²) in [6, 6.07) is 8.20. The van der Waals surface area contributed by atoms with Crippen LogP contribution in [0.1, 0.15) is 5.56 Å². The van der Waals surface area contributed by atoms with Gasteiger partial charge in [-0.15, -0.1) is 0 Å². The molecule has 0 aromatic heterocycles. The van der Waals surface area contributed by atoms with Gasteiger partial charge in [-0.2, -0.15) is 11.8 Å². The van der Waals surface area contributed by atoms with Crippen molar-refractivity contribution < 1.29 is 4.79 Å². The molecule has 1 aliphatic rings. The maximum atomic E-state index is 10.2. The summed E-state index contributed by atoms with van der Waals surface area (Å²) in [5.41, 5.74) is 2.26. The zero-order chi connectivity index (χ0) is 13.3. The number of anilines is 1. The van der Waals surface area contributed by atoms with Crippen molar-refractivity contribution >= 4 is 23.9 Å². The lowest BCUT2D eigenvalue weighted by Gasteiger charge is -2.26. The van der Waals surface area contributed by atoms with Gasteiger partial charge < -0.3 is 10.6 Å². The van der Waals surface area contributed by atoms with Gasteiger partial charge in [0.1, 0.15) is 0 Å². The first-order chi connectivity index (χ1) is 9.38. The fraction of sp³-hybridized carbons (Fsp3) is 0.500. The number of hydrogen-bond acceptors (Lipinski definition) is 4. The maximum Gasteiger partial charge on any atom is 0.207 e. The molecule has 1 amide bonds. The Labute approximate surface area is 118 Å². The highest BCUT2D eigenvalue weighted by Crippen LogP contribution is 2.10. The van der Waals surface area contributed by atoms with E-state index in [1.54, 1.807) is 0 Å². The van der Waals surface area contributed by atoms with Gasteiger partial charge in [-0.25, -0.2) is 0 Å². The fourth-order valence-corrected chi connectivity index (χ4v) is 3.06. The summed E-state index contributed by atoms with van der Waals surface area (Å²) in [4.78, 5) is 12.7. The molecule has 0 bridgehead atoms. The minimum Gasteiger partial charge on any atom is -0.384 e. The molecule has 104 valence electrons. The van der Waals surface area contributed by atoms with E-state index in [0.29, 0.717) is 6.54 Å². The minimum atomic E-state index is 0.592. The Balaban J connectivity index is 1.68. The van der Waals surface area contributed by atoms with Crippen LogP contribution in [0.5, 0.6) is 0 Å². The smallest absolute Gasteiger partial charge is 0.207 e. The summed E-state index contributed by atoms with van der Waals surface area (Å²) < 4.78 is 0. The van der Waals surface area contributed by atoms with E-state index in [2.05, 4.69) is 27.7 Å². The number of nitrogens with zero attached hydrogens (tertiary/aromatic N) is 1. The zero-order valence-electron chi connectivity index (χ0n) is 11.1. The number of rotatable bonds is 7. The second kappa shape index (κ2) is 8.07. The summed E-state index contributed by atoms with van der Waals surface area (Å²) in [5, 5.41) is 6.10. The Kier molecular flexibility index (Phi) is 6.04. The Bertz CT molecular complexity index is 377. The highest BCUT2D eigenvalue weighted by atomic mass is 32.2. The predicted molar refractivity (Wildman–Crippen MR) is 81.6 cm³/mol. The van der Waals surface area contributed by atoms with E-state index in [1.165, 1.54) is 24.6 Å². The topological polar surface area (TPSA) is 44.4 Å². The number of thioether (sulfide) groups is 1. The molecule has 1 aromatic rings. The quantitative estimate of drug-likeness (QED) is 0.741. The molecule has 0 atom stereocenters. The molecular weight excluding hydrogens is 258 g/mol. The first kappa shape index (κ1) is 14.2. The predicted octanol–water partition coefficient (Wildman–Crippen LogP) is 1.39. The Morgan fingerprint density at radius 3 is 2.63 bits per heavy atom. The third-order valence-corrected chi connectivity index (χ3v) is 4.15. The van der Waals surface area contributed by atoms with Gasteiger partial charge in [0.15, 0.2) is 0 Å². The van der Waals surface area contributed by atoms with Crippen LogP contribution in [0.2, 0.25) is 0 Å². The molecular formula is C14H21N3OS. The van der Waals surface area contributed by atoms with Crippen LogP contribution >= 0.6 is 11.8 Å². The van der Waals surface area contributed by atoms with Crippen LogP contribution in [-0.2, 0) is 11.3 Å². The van der Waals surface area contributed by atoms with Gasteiger partial charge in [0.2, 0.25) is 6.41 Å². The van der Waals surface area contributed by atoms with Gasteiger partial charge in [0, 0.05) is 49.9 Å². The van der Waals surface area contributed by atoms with E-state index in [-0.39, 0.29) is 0 Å². The van der Waals surface area contributed by atoms with Gasteiger partial charge in [0.05, 0.1) is 0 Å². The highest BCUT2D eigenvalue weighted by Gasteiger charge is 2.08. The van der Waals surface area contributed by atoms with Crippen LogP contribution in [0.3, 0.4) is 0 Å². The molecule has 0 aliphatic carbocycles. The van der Waals surface area contributed by atoms with E-state index in [4.69, 9.17) is 0 Å². The first-order valence-corrected chi connectivity index (χ1v) is 7.84. The molecule has 1 heterocycles. The van der Waals surface area contributed by atoms with Gasteiger partial charge in [-0.1, -0.05) is 12.1 Å². The summed E-state index contributed by atoms with van der Waals surface area (Å²) in [6.45, 7) is 5.10. The van der Waals surface area contributed by atoms with Crippen LogP contribution in [0, 0.1) is 0 Å². The monoisotopic (exact) mass is 279 g/mol. The molecule has 2 N–H and O–H groups in total. The van der Waals surface area contributed by atoms with Crippen molar-refractivity contribution in [2.75, 3.05) is 43.0 Å². The molecule has 1 aromatic carbocycles. The van der Waals surface area contributed by atoms with Gasteiger partial charge in [0.25, 0.3) is 0 Å². The molecule has 0 radical (unpaired) electrons. The largest absolute Gasteiger partial charge is 0.384 e. The number of carbonyl (C=O) groups excluding carboxylic acids is 1. The van der Waals surface area contributed by atoms with Gasteiger partial charge in [-0.3, -0.25) is 9.69 Å². The second-order valence-corrected chi connectivity index (χ2v) is 5.80. The van der Waals surface area contributed by atoms with Gasteiger partial charge >= 0.3 is 0 Å². The van der Waals surface area contributed by atoms with Crippen molar-refractivity contribution in [3.05, 3.63) is 29.8 Å². The molecule has 4 nitrogen and oxygen atoms in total. The minimum absolute atomic E-state index is 0.592. The summed E-state index contributed by atoms with van der Waals surface area (Å²) in [5.74, 6) is 2.52. The molecule has 0 spiro atoms. The van der Waals surface area contributed by atoms with Crippen molar-refractivity contribution in [2.24, 2.45) is 0 Å². The van der Waals surface area contributed by atoms with E-state index in [9.17, 15) is 4.79 Å². The van der Waals surface area contributed by atoms with Crippen LogP contribution in [0.25, 0.3) is 0 Å². The van der Waals surface area contributed by atoms with Crippen LogP contribution < -0.4 is 10.6 Å². The van der Waals surface area contributed by atoms with E-state index < -0.39 is 0 Å². The van der Waals surface area contributed by atoms with Gasteiger partial charge in [-0.05, 0) is 17.7 Å². The Morgan fingerprint density at radius 2 is 1.95 bits per heavy atom. The van der Waals surface area contributed by atoms with E-state index in [1.807, 2.05) is 23.9 Å². The lowest BCUT2D eigenvalue weighted by Crippen LogP contribution is -2.36. The molecule has 5 heteroatoms. The molecule has 19 heavy (non-hydrogen) atoms. The molecule has 1 saturated heterocycles. The number of hydrogen-bond donors (Lipinski definition) is 2. The molecule has 1 fully saturated rings. The number of amides is 1. The zero-order valence-corrected chi connectivity index (χ0v) is 11.9. The van der Waals surface area contributed by atoms with Crippen molar-refractivity contribution in [3.8, 4) is 0 Å². The average Bonchev–Trinajstić information content (AvgIpc) is 2.47. The Morgan fingerprint density at radius 1 is 1.21 bits per heavy atom. The van der Waals surface area contributed by atoms with Crippen molar-refractivity contribution in [2.45, 2.75) is 6.54 Å². The van der Waals surface area contributed by atoms with Crippen molar-refractivity contribution in [1.82, 2.24) is 10.2 Å². The van der Waals surface area contributed by atoms with Crippen LogP contribution in [-0.4, -0.2) is 49.0 Å².